The monoisotopic (exact) mass is 281 g/mol. The molecule has 1 fully saturated rings. The first-order valence-corrected chi connectivity index (χ1v) is 6.71. The molecule has 0 atom stereocenters. The van der Waals surface area contributed by atoms with Crippen LogP contribution < -0.4 is 10.1 Å². The minimum Gasteiger partial charge on any atom is -0.480 e. The Bertz CT molecular complexity index is 461. The van der Waals surface area contributed by atoms with E-state index >= 15 is 0 Å². The van der Waals surface area contributed by atoms with E-state index in [4.69, 9.17) is 9.47 Å². The van der Waals surface area contributed by atoms with Gasteiger partial charge in [-0.1, -0.05) is 6.92 Å². The number of nitrogens with zero attached hydrogens (tertiary/aromatic N) is 2. The largest absolute Gasteiger partial charge is 0.480 e. The Kier molecular flexibility index (Phi) is 4.73. The van der Waals surface area contributed by atoms with Gasteiger partial charge in [0.1, 0.15) is 5.54 Å². The predicted molar refractivity (Wildman–Crippen MR) is 71.9 cm³/mol. The Labute approximate surface area is 117 Å². The van der Waals surface area contributed by atoms with Gasteiger partial charge < -0.3 is 19.9 Å². The quantitative estimate of drug-likeness (QED) is 0.812. The van der Waals surface area contributed by atoms with Crippen molar-refractivity contribution in [1.82, 2.24) is 9.97 Å². The fraction of sp³-hybridized carbons (Fsp3) is 0.615. The SMILES string of the molecule is CCCOc1ccnc(NC2(C(=O)O)CCOCC2)n1. The van der Waals surface area contributed by atoms with Crippen LogP contribution in [0.25, 0.3) is 0 Å². The number of carboxylic acids is 1. The first kappa shape index (κ1) is 14.5. The zero-order valence-corrected chi connectivity index (χ0v) is 11.5. The van der Waals surface area contributed by atoms with Gasteiger partial charge in [0, 0.05) is 38.3 Å². The summed E-state index contributed by atoms with van der Waals surface area (Å²) in [4.78, 5) is 19.8. The number of hydrogen-bond acceptors (Lipinski definition) is 6. The maximum Gasteiger partial charge on any atom is 0.329 e. The molecule has 0 unspecified atom stereocenters. The van der Waals surface area contributed by atoms with Gasteiger partial charge in [-0.25, -0.2) is 9.78 Å². The van der Waals surface area contributed by atoms with Gasteiger partial charge >= 0.3 is 5.97 Å². The van der Waals surface area contributed by atoms with Crippen molar-refractivity contribution in [3.8, 4) is 5.88 Å². The van der Waals surface area contributed by atoms with Gasteiger partial charge in [-0.15, -0.1) is 0 Å². The fourth-order valence-corrected chi connectivity index (χ4v) is 2.02. The minimum absolute atomic E-state index is 0.267. The van der Waals surface area contributed by atoms with E-state index in [-0.39, 0.29) is 5.95 Å². The van der Waals surface area contributed by atoms with Crippen LogP contribution in [0.1, 0.15) is 26.2 Å². The molecule has 1 saturated heterocycles. The van der Waals surface area contributed by atoms with Crippen LogP contribution in [0.3, 0.4) is 0 Å². The number of carbonyl (C=O) groups is 1. The number of carboxylic acid groups (broad SMARTS) is 1. The standard InChI is InChI=1S/C13H19N3O4/c1-2-7-20-10-3-6-14-12(15-10)16-13(11(17)18)4-8-19-9-5-13/h3,6H,2,4-5,7-9H2,1H3,(H,17,18)(H,14,15,16). The lowest BCUT2D eigenvalue weighted by molar-refractivity contribution is -0.145. The first-order chi connectivity index (χ1) is 9.66. The molecule has 110 valence electrons. The highest BCUT2D eigenvalue weighted by Crippen LogP contribution is 2.25. The van der Waals surface area contributed by atoms with Gasteiger partial charge in [-0.2, -0.15) is 4.98 Å². The molecule has 1 aliphatic heterocycles. The van der Waals surface area contributed by atoms with E-state index in [1.165, 1.54) is 0 Å². The molecule has 0 radical (unpaired) electrons. The van der Waals surface area contributed by atoms with Crippen LogP contribution >= 0.6 is 0 Å². The third-order valence-electron chi connectivity index (χ3n) is 3.19. The van der Waals surface area contributed by atoms with Gasteiger partial charge in [0.25, 0.3) is 0 Å². The molecule has 2 heterocycles. The molecule has 0 aromatic carbocycles. The van der Waals surface area contributed by atoms with Gasteiger partial charge in [-0.05, 0) is 6.42 Å². The van der Waals surface area contributed by atoms with E-state index in [2.05, 4.69) is 15.3 Å². The lowest BCUT2D eigenvalue weighted by atomic mass is 9.90. The zero-order valence-electron chi connectivity index (χ0n) is 11.5. The number of aliphatic carboxylic acids is 1. The van der Waals surface area contributed by atoms with E-state index in [0.29, 0.717) is 38.5 Å². The molecular weight excluding hydrogens is 262 g/mol. The summed E-state index contributed by atoms with van der Waals surface area (Å²) in [6.07, 6.45) is 3.19. The number of nitrogens with one attached hydrogen (secondary N) is 1. The molecule has 1 aromatic rings. The van der Waals surface area contributed by atoms with Crippen molar-refractivity contribution in [2.24, 2.45) is 0 Å². The zero-order chi connectivity index (χ0) is 14.4. The Morgan fingerprint density at radius 3 is 2.95 bits per heavy atom. The normalized spacial score (nSPS) is 17.4. The lowest BCUT2D eigenvalue weighted by Gasteiger charge is -2.33. The van der Waals surface area contributed by atoms with E-state index < -0.39 is 11.5 Å². The van der Waals surface area contributed by atoms with Gasteiger partial charge in [0.2, 0.25) is 11.8 Å². The molecule has 1 aromatic heterocycles. The summed E-state index contributed by atoms with van der Waals surface area (Å²) in [6.45, 7) is 3.38. The number of rotatable bonds is 6. The van der Waals surface area contributed by atoms with Crippen molar-refractivity contribution in [3.05, 3.63) is 12.3 Å². The van der Waals surface area contributed by atoms with Crippen LogP contribution in [-0.2, 0) is 9.53 Å². The second-order valence-electron chi connectivity index (χ2n) is 4.69. The molecule has 2 rings (SSSR count). The molecule has 20 heavy (non-hydrogen) atoms. The average molecular weight is 281 g/mol. The number of ether oxygens (including phenoxy) is 2. The summed E-state index contributed by atoms with van der Waals surface area (Å²) in [5.41, 5.74) is -1.07. The highest BCUT2D eigenvalue weighted by atomic mass is 16.5. The summed E-state index contributed by atoms with van der Waals surface area (Å²) < 4.78 is 10.6. The topological polar surface area (TPSA) is 93.6 Å². The van der Waals surface area contributed by atoms with E-state index in [9.17, 15) is 9.90 Å². The van der Waals surface area contributed by atoms with Gasteiger partial charge in [0.15, 0.2) is 0 Å². The molecule has 7 nitrogen and oxygen atoms in total. The van der Waals surface area contributed by atoms with E-state index in [1.54, 1.807) is 12.3 Å². The summed E-state index contributed by atoms with van der Waals surface area (Å²) in [5, 5.41) is 12.4. The molecule has 2 N–H and O–H groups in total. The molecular formula is C13H19N3O4. The fourth-order valence-electron chi connectivity index (χ4n) is 2.02. The number of hydrogen-bond donors (Lipinski definition) is 2. The highest BCUT2D eigenvalue weighted by molar-refractivity contribution is 5.82. The van der Waals surface area contributed by atoms with Crippen molar-refractivity contribution < 1.29 is 19.4 Å². The van der Waals surface area contributed by atoms with Crippen LogP contribution in [0.15, 0.2) is 12.3 Å². The average Bonchev–Trinajstić information content (AvgIpc) is 2.46. The molecule has 0 spiro atoms. The van der Waals surface area contributed by atoms with E-state index in [1.807, 2.05) is 6.92 Å². The van der Waals surface area contributed by atoms with Crippen molar-refractivity contribution in [2.45, 2.75) is 31.7 Å². The number of aromatic nitrogens is 2. The molecule has 7 heteroatoms. The Morgan fingerprint density at radius 1 is 1.55 bits per heavy atom. The van der Waals surface area contributed by atoms with Crippen LogP contribution in [0, 0.1) is 0 Å². The van der Waals surface area contributed by atoms with E-state index in [0.717, 1.165) is 6.42 Å². The summed E-state index contributed by atoms with van der Waals surface area (Å²) >= 11 is 0. The van der Waals surface area contributed by atoms with Crippen LogP contribution in [0.5, 0.6) is 5.88 Å². The maximum absolute atomic E-state index is 11.5. The molecule has 0 saturated carbocycles. The smallest absolute Gasteiger partial charge is 0.329 e. The van der Waals surface area contributed by atoms with Gasteiger partial charge in [0.05, 0.1) is 6.61 Å². The maximum atomic E-state index is 11.5. The summed E-state index contributed by atoms with van der Waals surface area (Å²) in [6, 6.07) is 1.65. The Hall–Kier alpha value is -1.89. The van der Waals surface area contributed by atoms with Crippen molar-refractivity contribution >= 4 is 11.9 Å². The second kappa shape index (κ2) is 6.51. The Morgan fingerprint density at radius 2 is 2.30 bits per heavy atom. The molecule has 1 aliphatic rings. The Balaban J connectivity index is 2.12. The molecule has 0 bridgehead atoms. The minimum atomic E-state index is -1.07. The van der Waals surface area contributed by atoms with Crippen LogP contribution in [0.2, 0.25) is 0 Å². The second-order valence-corrected chi connectivity index (χ2v) is 4.69. The van der Waals surface area contributed by atoms with Crippen LogP contribution in [-0.4, -0.2) is 46.4 Å². The lowest BCUT2D eigenvalue weighted by Crippen LogP contribution is -2.50. The number of anilines is 1. The summed E-state index contributed by atoms with van der Waals surface area (Å²) in [7, 11) is 0. The molecule has 0 aliphatic carbocycles. The van der Waals surface area contributed by atoms with Gasteiger partial charge in [-0.3, -0.25) is 0 Å². The highest BCUT2D eigenvalue weighted by Gasteiger charge is 2.40. The molecule has 0 amide bonds. The predicted octanol–water partition coefficient (Wildman–Crippen LogP) is 1.31. The third kappa shape index (κ3) is 3.36. The first-order valence-electron chi connectivity index (χ1n) is 6.71. The van der Waals surface area contributed by atoms with Crippen LogP contribution in [0.4, 0.5) is 5.95 Å². The van der Waals surface area contributed by atoms with Crippen molar-refractivity contribution in [3.63, 3.8) is 0 Å². The summed E-state index contributed by atoms with van der Waals surface area (Å²) in [5.74, 6) is -0.205. The van der Waals surface area contributed by atoms with Crippen molar-refractivity contribution in [2.75, 3.05) is 25.1 Å². The third-order valence-corrected chi connectivity index (χ3v) is 3.19. The van der Waals surface area contributed by atoms with Crippen molar-refractivity contribution in [1.29, 1.82) is 0 Å².